The number of nitrogens with one attached hydrogen (secondary N) is 1. The van der Waals surface area contributed by atoms with Crippen LogP contribution < -0.4 is 16.8 Å². The average molecular weight is 444 g/mol. The normalized spacial score (nSPS) is 18.0. The molecule has 2 amide bonds. The van der Waals surface area contributed by atoms with E-state index in [1.165, 1.54) is 10.7 Å². The molecule has 1 aliphatic carbocycles. The van der Waals surface area contributed by atoms with Crippen LogP contribution in [0.25, 0.3) is 10.9 Å². The Labute approximate surface area is 183 Å². The van der Waals surface area contributed by atoms with Crippen molar-refractivity contribution in [2.24, 2.45) is 17.4 Å². The molecule has 0 atom stereocenters. The topological polar surface area (TPSA) is 116 Å². The number of aromatic nitrogens is 2. The third kappa shape index (κ3) is 4.40. The fraction of sp³-hybridized carbons (Fsp3) is 0.318. The van der Waals surface area contributed by atoms with Crippen molar-refractivity contribution in [2.75, 3.05) is 0 Å². The van der Waals surface area contributed by atoms with Crippen LogP contribution in [0.4, 0.5) is 4.39 Å². The number of halogens is 2. The van der Waals surface area contributed by atoms with Gasteiger partial charge in [0.15, 0.2) is 5.69 Å². The summed E-state index contributed by atoms with van der Waals surface area (Å²) in [7, 11) is 0. The molecular weight excluding hydrogens is 421 g/mol. The zero-order chi connectivity index (χ0) is 22.1. The predicted octanol–water partition coefficient (Wildman–Crippen LogP) is 2.52. The maximum atomic E-state index is 14.0. The van der Waals surface area contributed by atoms with Gasteiger partial charge >= 0.3 is 0 Å². The number of fused-ring (bicyclic) bond motifs is 1. The summed E-state index contributed by atoms with van der Waals surface area (Å²) in [6.07, 6.45) is 2.66. The Morgan fingerprint density at radius 1 is 1.19 bits per heavy atom. The molecule has 1 heterocycles. The lowest BCUT2D eigenvalue weighted by Gasteiger charge is -2.32. The summed E-state index contributed by atoms with van der Waals surface area (Å²) in [5.41, 5.74) is 13.5. The van der Waals surface area contributed by atoms with Gasteiger partial charge in [0.05, 0.1) is 10.5 Å². The maximum absolute atomic E-state index is 14.0. The lowest BCUT2D eigenvalue weighted by molar-refractivity contribution is -0.121. The van der Waals surface area contributed by atoms with Gasteiger partial charge in [0.1, 0.15) is 12.4 Å². The van der Waals surface area contributed by atoms with Gasteiger partial charge in [-0.15, -0.1) is 0 Å². The molecule has 0 radical (unpaired) electrons. The standard InChI is InChI=1S/C22H23ClFN5O2/c23-16-5-1-4-14(20(16)24)10-27-18(30)11-29-17-6-2-3-13(7-12-8-15(25)9-12)19(17)21(28-29)22(26)31/h1-6,12,15H,7-11,25H2,(H2,26,31)(H,27,30). The zero-order valence-electron chi connectivity index (χ0n) is 16.8. The second-order valence-electron chi connectivity index (χ2n) is 7.97. The minimum absolute atomic E-state index is 0.00383. The van der Waals surface area contributed by atoms with E-state index in [2.05, 4.69) is 10.4 Å². The minimum atomic E-state index is -0.650. The van der Waals surface area contributed by atoms with Crippen molar-refractivity contribution in [3.63, 3.8) is 0 Å². The predicted molar refractivity (Wildman–Crippen MR) is 116 cm³/mol. The van der Waals surface area contributed by atoms with Crippen LogP contribution in [0.3, 0.4) is 0 Å². The Hall–Kier alpha value is -2.97. The van der Waals surface area contributed by atoms with Crippen molar-refractivity contribution in [2.45, 2.75) is 38.4 Å². The molecule has 1 fully saturated rings. The third-order valence-corrected chi connectivity index (χ3v) is 5.97. The van der Waals surface area contributed by atoms with Gasteiger partial charge in [-0.1, -0.05) is 35.9 Å². The molecule has 0 saturated heterocycles. The Kier molecular flexibility index (Phi) is 5.93. The summed E-state index contributed by atoms with van der Waals surface area (Å²) in [4.78, 5) is 24.5. The van der Waals surface area contributed by atoms with Crippen LogP contribution >= 0.6 is 11.6 Å². The Morgan fingerprint density at radius 2 is 1.90 bits per heavy atom. The van der Waals surface area contributed by atoms with Gasteiger partial charge in [-0.2, -0.15) is 5.10 Å². The van der Waals surface area contributed by atoms with Crippen LogP contribution in [-0.4, -0.2) is 27.6 Å². The van der Waals surface area contributed by atoms with Crippen LogP contribution in [-0.2, 0) is 24.3 Å². The van der Waals surface area contributed by atoms with Crippen LogP contribution in [0.2, 0.25) is 5.02 Å². The van der Waals surface area contributed by atoms with Gasteiger partial charge in [0.2, 0.25) is 5.91 Å². The minimum Gasteiger partial charge on any atom is -0.364 e. The Bertz CT molecular complexity index is 1160. The molecule has 5 N–H and O–H groups in total. The zero-order valence-corrected chi connectivity index (χ0v) is 17.5. The first-order valence-electron chi connectivity index (χ1n) is 10.1. The van der Waals surface area contributed by atoms with Gasteiger partial charge in [0, 0.05) is 23.5 Å². The number of hydrogen-bond acceptors (Lipinski definition) is 4. The molecule has 0 bridgehead atoms. The number of primary amides is 1. The summed E-state index contributed by atoms with van der Waals surface area (Å²) in [6, 6.07) is 10.5. The quantitative estimate of drug-likeness (QED) is 0.520. The monoisotopic (exact) mass is 443 g/mol. The Morgan fingerprint density at radius 3 is 2.61 bits per heavy atom. The van der Waals surface area contributed by atoms with Gasteiger partial charge in [-0.3, -0.25) is 14.3 Å². The largest absolute Gasteiger partial charge is 0.364 e. The Balaban J connectivity index is 1.55. The number of nitrogens with zero attached hydrogens (tertiary/aromatic N) is 2. The summed E-state index contributed by atoms with van der Waals surface area (Å²) in [6.45, 7) is -0.149. The number of benzene rings is 2. The second-order valence-corrected chi connectivity index (χ2v) is 8.38. The van der Waals surface area contributed by atoms with Crippen molar-refractivity contribution in [3.8, 4) is 0 Å². The van der Waals surface area contributed by atoms with Crippen molar-refractivity contribution in [1.82, 2.24) is 15.1 Å². The first-order chi connectivity index (χ1) is 14.8. The van der Waals surface area contributed by atoms with Crippen LogP contribution in [0.1, 0.15) is 34.5 Å². The van der Waals surface area contributed by atoms with Gasteiger partial charge < -0.3 is 16.8 Å². The molecule has 7 nitrogen and oxygen atoms in total. The summed E-state index contributed by atoms with van der Waals surface area (Å²) >= 11 is 5.78. The van der Waals surface area contributed by atoms with E-state index >= 15 is 0 Å². The molecule has 4 rings (SSSR count). The highest BCUT2D eigenvalue weighted by molar-refractivity contribution is 6.30. The number of hydrogen-bond donors (Lipinski definition) is 3. The van der Waals surface area contributed by atoms with Crippen molar-refractivity contribution < 1.29 is 14.0 Å². The summed E-state index contributed by atoms with van der Waals surface area (Å²) < 4.78 is 15.5. The SMILES string of the molecule is NC(=O)c1nn(CC(=O)NCc2cccc(Cl)c2F)c2cccc(CC3CC(N)C3)c12. The van der Waals surface area contributed by atoms with Crippen molar-refractivity contribution in [1.29, 1.82) is 0 Å². The average Bonchev–Trinajstić information content (AvgIpc) is 3.08. The molecule has 2 aromatic carbocycles. The highest BCUT2D eigenvalue weighted by Crippen LogP contribution is 2.32. The number of nitrogens with two attached hydrogens (primary N) is 2. The molecule has 1 aromatic heterocycles. The van der Waals surface area contributed by atoms with Crippen LogP contribution in [0, 0.1) is 11.7 Å². The molecule has 0 aliphatic heterocycles. The smallest absolute Gasteiger partial charge is 0.269 e. The summed E-state index contributed by atoms with van der Waals surface area (Å²) in [5, 5.41) is 7.63. The fourth-order valence-electron chi connectivity index (χ4n) is 4.10. The molecule has 1 aliphatic rings. The van der Waals surface area contributed by atoms with Gasteiger partial charge in [0.25, 0.3) is 5.91 Å². The van der Waals surface area contributed by atoms with Crippen LogP contribution in [0.15, 0.2) is 36.4 Å². The van der Waals surface area contributed by atoms with Crippen molar-refractivity contribution >= 4 is 34.3 Å². The molecule has 1 saturated carbocycles. The van der Waals surface area contributed by atoms with E-state index in [1.54, 1.807) is 18.2 Å². The van der Waals surface area contributed by atoms with E-state index in [1.807, 2.05) is 12.1 Å². The van der Waals surface area contributed by atoms with Crippen LogP contribution in [0.5, 0.6) is 0 Å². The van der Waals surface area contributed by atoms with Gasteiger partial charge in [-0.05, 0) is 42.9 Å². The molecule has 162 valence electrons. The fourth-order valence-corrected chi connectivity index (χ4v) is 4.29. The van der Waals surface area contributed by atoms with E-state index in [9.17, 15) is 14.0 Å². The van der Waals surface area contributed by atoms with Crippen molar-refractivity contribution in [3.05, 3.63) is 64.1 Å². The van der Waals surface area contributed by atoms with E-state index in [-0.39, 0.29) is 41.3 Å². The third-order valence-electron chi connectivity index (χ3n) is 5.68. The first-order valence-corrected chi connectivity index (χ1v) is 10.4. The number of rotatable bonds is 7. The van der Waals surface area contributed by atoms with E-state index in [0.717, 1.165) is 24.8 Å². The van der Waals surface area contributed by atoms with Gasteiger partial charge in [-0.25, -0.2) is 4.39 Å². The molecule has 0 unspecified atom stereocenters. The number of carbonyl (C=O) groups excluding carboxylic acids is 2. The molecule has 3 aromatic rings. The highest BCUT2D eigenvalue weighted by Gasteiger charge is 2.28. The molecule has 31 heavy (non-hydrogen) atoms. The first kappa shape index (κ1) is 21.3. The maximum Gasteiger partial charge on any atom is 0.269 e. The lowest BCUT2D eigenvalue weighted by Crippen LogP contribution is -2.37. The highest BCUT2D eigenvalue weighted by atomic mass is 35.5. The van der Waals surface area contributed by atoms with E-state index in [0.29, 0.717) is 16.8 Å². The molecule has 9 heteroatoms. The number of carbonyl (C=O) groups is 2. The molecule has 0 spiro atoms. The second kappa shape index (κ2) is 8.64. The van der Waals surface area contributed by atoms with E-state index in [4.69, 9.17) is 23.1 Å². The number of amides is 2. The molecular formula is C22H23ClFN5O2. The summed E-state index contributed by atoms with van der Waals surface area (Å²) in [5.74, 6) is -1.14. The van der Waals surface area contributed by atoms with E-state index < -0.39 is 11.7 Å². The lowest BCUT2D eigenvalue weighted by atomic mass is 9.77.